The summed E-state index contributed by atoms with van der Waals surface area (Å²) in [7, 11) is 0. The lowest BCUT2D eigenvalue weighted by Gasteiger charge is -2.27. The number of hydrogen-bond acceptors (Lipinski definition) is 4. The van der Waals surface area contributed by atoms with E-state index in [0.717, 1.165) is 6.20 Å². The van der Waals surface area contributed by atoms with Gasteiger partial charge in [-0.05, 0) is 32.5 Å². The van der Waals surface area contributed by atoms with E-state index in [4.69, 9.17) is 4.74 Å². The zero-order chi connectivity index (χ0) is 12.9. The fraction of sp³-hybridized carbons (Fsp3) is 0.500. The van der Waals surface area contributed by atoms with Gasteiger partial charge in [0, 0.05) is 0 Å². The molecule has 1 heterocycles. The molecule has 17 heavy (non-hydrogen) atoms. The number of halogens is 1. The van der Waals surface area contributed by atoms with Crippen LogP contribution in [0.25, 0.3) is 0 Å². The first-order valence-electron chi connectivity index (χ1n) is 5.58. The number of pyridine rings is 1. The summed E-state index contributed by atoms with van der Waals surface area (Å²) in [6, 6.07) is 2.76. The lowest BCUT2D eigenvalue weighted by molar-refractivity contribution is -0.151. The maximum atomic E-state index is 12.8. The Kier molecular flexibility index (Phi) is 4.57. The molecule has 0 radical (unpaired) electrons. The van der Waals surface area contributed by atoms with Crippen LogP contribution in [0.1, 0.15) is 26.5 Å². The van der Waals surface area contributed by atoms with Crippen LogP contribution in [-0.4, -0.2) is 24.1 Å². The van der Waals surface area contributed by atoms with Crippen molar-refractivity contribution in [2.45, 2.75) is 26.3 Å². The SMILES string of the molecule is CCNC(C)(C(=O)OCC)c1ccc(F)cn1. The fourth-order valence-electron chi connectivity index (χ4n) is 1.57. The third-order valence-electron chi connectivity index (χ3n) is 2.45. The van der Waals surface area contributed by atoms with Gasteiger partial charge in [0.05, 0.1) is 18.5 Å². The van der Waals surface area contributed by atoms with Crippen molar-refractivity contribution >= 4 is 5.97 Å². The minimum absolute atomic E-state index is 0.293. The number of rotatable bonds is 5. The smallest absolute Gasteiger partial charge is 0.332 e. The van der Waals surface area contributed by atoms with Gasteiger partial charge in [-0.2, -0.15) is 0 Å². The molecule has 5 heteroatoms. The third kappa shape index (κ3) is 3.00. The Bertz CT molecular complexity index is 381. The molecule has 1 N–H and O–H groups in total. The standard InChI is InChI=1S/C12H17FN2O2/c1-4-15-12(3,11(16)17-5-2)10-7-6-9(13)8-14-10/h6-8,15H,4-5H2,1-3H3. The van der Waals surface area contributed by atoms with Crippen LogP contribution in [0.3, 0.4) is 0 Å². The maximum Gasteiger partial charge on any atom is 0.332 e. The number of carbonyl (C=O) groups is 1. The van der Waals surface area contributed by atoms with Gasteiger partial charge in [-0.3, -0.25) is 10.3 Å². The largest absolute Gasteiger partial charge is 0.464 e. The van der Waals surface area contributed by atoms with Crippen LogP contribution >= 0.6 is 0 Å². The molecule has 0 bridgehead atoms. The summed E-state index contributed by atoms with van der Waals surface area (Å²) in [6.45, 7) is 6.16. The van der Waals surface area contributed by atoms with E-state index < -0.39 is 17.3 Å². The molecular weight excluding hydrogens is 223 g/mol. The third-order valence-corrected chi connectivity index (χ3v) is 2.45. The molecule has 1 rings (SSSR count). The van der Waals surface area contributed by atoms with Crippen LogP contribution in [0.2, 0.25) is 0 Å². The Morgan fingerprint density at radius 2 is 2.24 bits per heavy atom. The summed E-state index contributed by atoms with van der Waals surface area (Å²) < 4.78 is 17.8. The Labute approximate surface area is 100 Å². The van der Waals surface area contributed by atoms with Gasteiger partial charge in [-0.15, -0.1) is 0 Å². The zero-order valence-corrected chi connectivity index (χ0v) is 10.3. The van der Waals surface area contributed by atoms with E-state index >= 15 is 0 Å². The number of likely N-dealkylation sites (N-methyl/N-ethyl adjacent to an activating group) is 1. The van der Waals surface area contributed by atoms with Crippen molar-refractivity contribution in [1.29, 1.82) is 0 Å². The number of nitrogens with one attached hydrogen (secondary N) is 1. The van der Waals surface area contributed by atoms with Crippen LogP contribution in [0.5, 0.6) is 0 Å². The van der Waals surface area contributed by atoms with E-state index in [-0.39, 0.29) is 0 Å². The van der Waals surface area contributed by atoms with Gasteiger partial charge >= 0.3 is 5.97 Å². The van der Waals surface area contributed by atoms with Gasteiger partial charge in [0.2, 0.25) is 0 Å². The molecular formula is C12H17FN2O2. The summed E-state index contributed by atoms with van der Waals surface area (Å²) >= 11 is 0. The minimum Gasteiger partial charge on any atom is -0.464 e. The van der Waals surface area contributed by atoms with E-state index in [1.807, 2.05) is 6.92 Å². The lowest BCUT2D eigenvalue weighted by atomic mass is 9.97. The van der Waals surface area contributed by atoms with Crippen LogP contribution in [-0.2, 0) is 15.1 Å². The van der Waals surface area contributed by atoms with Gasteiger partial charge in [-0.25, -0.2) is 9.18 Å². The van der Waals surface area contributed by atoms with E-state index in [9.17, 15) is 9.18 Å². The van der Waals surface area contributed by atoms with Gasteiger partial charge in [0.15, 0.2) is 5.54 Å². The van der Waals surface area contributed by atoms with Crippen LogP contribution in [0.4, 0.5) is 4.39 Å². The first kappa shape index (κ1) is 13.6. The Hall–Kier alpha value is -1.49. The maximum absolute atomic E-state index is 12.8. The zero-order valence-electron chi connectivity index (χ0n) is 10.3. The Morgan fingerprint density at radius 3 is 2.71 bits per heavy atom. The fourth-order valence-corrected chi connectivity index (χ4v) is 1.57. The average Bonchev–Trinajstić information content (AvgIpc) is 2.30. The molecule has 0 aromatic carbocycles. The molecule has 0 saturated heterocycles. The first-order valence-corrected chi connectivity index (χ1v) is 5.58. The highest BCUT2D eigenvalue weighted by molar-refractivity contribution is 5.81. The van der Waals surface area contributed by atoms with Gasteiger partial charge in [-0.1, -0.05) is 6.92 Å². The number of hydrogen-bond donors (Lipinski definition) is 1. The molecule has 94 valence electrons. The molecule has 4 nitrogen and oxygen atoms in total. The predicted octanol–water partition coefficient (Wildman–Crippen LogP) is 1.61. The number of aromatic nitrogens is 1. The molecule has 0 fully saturated rings. The second-order valence-electron chi connectivity index (χ2n) is 3.74. The summed E-state index contributed by atoms with van der Waals surface area (Å²) in [4.78, 5) is 15.9. The average molecular weight is 240 g/mol. The Morgan fingerprint density at radius 1 is 1.53 bits per heavy atom. The van der Waals surface area contributed by atoms with Crippen molar-refractivity contribution < 1.29 is 13.9 Å². The number of esters is 1. The quantitative estimate of drug-likeness (QED) is 0.794. The van der Waals surface area contributed by atoms with Crippen molar-refractivity contribution in [1.82, 2.24) is 10.3 Å². The van der Waals surface area contributed by atoms with E-state index in [2.05, 4.69) is 10.3 Å². The van der Waals surface area contributed by atoms with Crippen molar-refractivity contribution in [3.05, 3.63) is 29.8 Å². The predicted molar refractivity (Wildman–Crippen MR) is 61.9 cm³/mol. The number of ether oxygens (including phenoxy) is 1. The summed E-state index contributed by atoms with van der Waals surface area (Å²) in [6.07, 6.45) is 1.09. The van der Waals surface area contributed by atoms with Gasteiger partial charge in [0.1, 0.15) is 5.82 Å². The van der Waals surface area contributed by atoms with Crippen molar-refractivity contribution in [3.63, 3.8) is 0 Å². The number of carbonyl (C=O) groups excluding carboxylic acids is 1. The highest BCUT2D eigenvalue weighted by atomic mass is 19.1. The molecule has 1 atom stereocenters. The molecule has 0 aliphatic carbocycles. The molecule has 0 saturated carbocycles. The summed E-state index contributed by atoms with van der Waals surface area (Å²) in [5, 5.41) is 3.02. The van der Waals surface area contributed by atoms with Crippen molar-refractivity contribution in [2.75, 3.05) is 13.2 Å². The number of nitrogens with zero attached hydrogens (tertiary/aromatic N) is 1. The van der Waals surface area contributed by atoms with E-state index in [0.29, 0.717) is 18.8 Å². The van der Waals surface area contributed by atoms with E-state index in [1.54, 1.807) is 13.8 Å². The highest BCUT2D eigenvalue weighted by Gasteiger charge is 2.37. The topological polar surface area (TPSA) is 51.2 Å². The minimum atomic E-state index is -1.04. The lowest BCUT2D eigenvalue weighted by Crippen LogP contribution is -2.48. The molecule has 1 aromatic rings. The summed E-state index contributed by atoms with van der Waals surface area (Å²) in [5.74, 6) is -0.850. The Balaban J connectivity index is 3.06. The van der Waals surface area contributed by atoms with Crippen molar-refractivity contribution in [2.24, 2.45) is 0 Å². The second-order valence-corrected chi connectivity index (χ2v) is 3.74. The highest BCUT2D eigenvalue weighted by Crippen LogP contribution is 2.20. The molecule has 0 amide bonds. The van der Waals surface area contributed by atoms with Gasteiger partial charge < -0.3 is 4.74 Å². The first-order chi connectivity index (χ1) is 8.04. The molecule has 1 unspecified atom stereocenters. The normalized spacial score (nSPS) is 14.1. The van der Waals surface area contributed by atoms with Crippen LogP contribution in [0, 0.1) is 5.82 Å². The summed E-state index contributed by atoms with van der Waals surface area (Å²) in [5.41, 5.74) is -0.599. The molecule has 0 aliphatic heterocycles. The molecule has 0 spiro atoms. The van der Waals surface area contributed by atoms with Crippen LogP contribution < -0.4 is 5.32 Å². The van der Waals surface area contributed by atoms with Crippen LogP contribution in [0.15, 0.2) is 18.3 Å². The monoisotopic (exact) mass is 240 g/mol. The molecule has 0 aliphatic rings. The van der Waals surface area contributed by atoms with Crippen molar-refractivity contribution in [3.8, 4) is 0 Å². The second kappa shape index (κ2) is 5.72. The van der Waals surface area contributed by atoms with E-state index in [1.165, 1.54) is 12.1 Å². The van der Waals surface area contributed by atoms with Gasteiger partial charge in [0.25, 0.3) is 0 Å². The molecule has 1 aromatic heterocycles.